The molecule has 2 N–H and O–H groups in total. The number of aryl methyl sites for hydroxylation is 1. The molecule has 3 rings (SSSR count). The Hall–Kier alpha value is -2.71. The third kappa shape index (κ3) is 5.65. The number of hydrogen-bond donors (Lipinski definition) is 2. The number of benzene rings is 2. The van der Waals surface area contributed by atoms with E-state index in [2.05, 4.69) is 36.3 Å². The molecule has 0 aliphatic carbocycles. The Kier molecular flexibility index (Phi) is 7.00. The van der Waals surface area contributed by atoms with Gasteiger partial charge >= 0.3 is 6.09 Å². The number of aromatic nitrogens is 1. The summed E-state index contributed by atoms with van der Waals surface area (Å²) in [7, 11) is 1.27. The minimum atomic E-state index is -0.787. The van der Waals surface area contributed by atoms with Crippen LogP contribution >= 0.6 is 27.3 Å². The number of rotatable bonds is 6. The molecule has 29 heavy (non-hydrogen) atoms. The molecule has 1 unspecified atom stereocenters. The van der Waals surface area contributed by atoms with E-state index in [9.17, 15) is 9.59 Å². The van der Waals surface area contributed by atoms with E-state index in [1.807, 2.05) is 61.5 Å². The molecule has 0 aliphatic heterocycles. The molecule has 0 radical (unpaired) electrons. The molecule has 1 atom stereocenters. The second-order valence-corrected chi connectivity index (χ2v) is 8.42. The van der Waals surface area contributed by atoms with Gasteiger partial charge in [-0.15, -0.1) is 11.3 Å². The molecule has 150 valence electrons. The maximum atomic E-state index is 12.8. The molecule has 3 aromatic rings. The molecule has 0 fully saturated rings. The van der Waals surface area contributed by atoms with Gasteiger partial charge in [0, 0.05) is 21.3 Å². The summed E-state index contributed by atoms with van der Waals surface area (Å²) in [5, 5.41) is 5.90. The second-order valence-electron chi connectivity index (χ2n) is 6.30. The fourth-order valence-electron chi connectivity index (χ4n) is 2.78. The molecule has 2 amide bonds. The maximum absolute atomic E-state index is 12.8. The largest absolute Gasteiger partial charge is 0.453 e. The van der Waals surface area contributed by atoms with Crippen molar-refractivity contribution in [2.75, 3.05) is 12.4 Å². The van der Waals surface area contributed by atoms with E-state index in [0.717, 1.165) is 26.2 Å². The van der Waals surface area contributed by atoms with Crippen LogP contribution in [0.1, 0.15) is 10.4 Å². The van der Waals surface area contributed by atoms with Gasteiger partial charge in [-0.3, -0.25) is 4.79 Å². The minimum Gasteiger partial charge on any atom is -0.453 e. The van der Waals surface area contributed by atoms with Gasteiger partial charge in [0.25, 0.3) is 0 Å². The van der Waals surface area contributed by atoms with Gasteiger partial charge in [0.1, 0.15) is 6.04 Å². The van der Waals surface area contributed by atoms with Gasteiger partial charge in [0.2, 0.25) is 5.91 Å². The Bertz CT molecular complexity index is 990. The van der Waals surface area contributed by atoms with Gasteiger partial charge < -0.3 is 15.4 Å². The zero-order chi connectivity index (χ0) is 20.8. The van der Waals surface area contributed by atoms with Gasteiger partial charge in [0.05, 0.1) is 12.8 Å². The number of hydrogen-bond acceptors (Lipinski definition) is 5. The molecule has 0 spiro atoms. The van der Waals surface area contributed by atoms with Crippen molar-refractivity contribution in [3.05, 3.63) is 69.5 Å². The van der Waals surface area contributed by atoms with Gasteiger partial charge in [-0.05, 0) is 24.6 Å². The van der Waals surface area contributed by atoms with Crippen LogP contribution in [0.2, 0.25) is 0 Å². The highest BCUT2D eigenvalue weighted by Crippen LogP contribution is 2.31. The predicted octanol–water partition coefficient (Wildman–Crippen LogP) is 4.79. The molecule has 6 nitrogen and oxygen atoms in total. The summed E-state index contributed by atoms with van der Waals surface area (Å²) in [6.07, 6.45) is -0.321. The van der Waals surface area contributed by atoms with Crippen molar-refractivity contribution in [2.24, 2.45) is 0 Å². The highest BCUT2D eigenvalue weighted by molar-refractivity contribution is 9.10. The maximum Gasteiger partial charge on any atom is 0.407 e. The standard InChI is InChI=1S/C21H20BrN3O3S/c1-13-18(15-8-10-16(22)11-9-15)24-20(29-13)25-19(26)17(23-21(27)28-2)12-14-6-4-3-5-7-14/h3-11,17H,12H2,1-2H3,(H,23,27)(H,24,25,26). The summed E-state index contributed by atoms with van der Waals surface area (Å²) in [6, 6.07) is 16.5. The molecule has 1 heterocycles. The Labute approximate surface area is 181 Å². The fourth-order valence-corrected chi connectivity index (χ4v) is 3.88. The third-order valence-electron chi connectivity index (χ3n) is 4.22. The summed E-state index contributed by atoms with van der Waals surface area (Å²) in [6.45, 7) is 1.96. The van der Waals surface area contributed by atoms with Gasteiger partial charge in [-0.2, -0.15) is 0 Å². The van der Waals surface area contributed by atoms with Crippen molar-refractivity contribution in [1.82, 2.24) is 10.3 Å². The van der Waals surface area contributed by atoms with Crippen LogP contribution in [0.5, 0.6) is 0 Å². The number of halogens is 1. The Morgan fingerprint density at radius 1 is 1.14 bits per heavy atom. The number of amides is 2. The highest BCUT2D eigenvalue weighted by Gasteiger charge is 2.23. The van der Waals surface area contributed by atoms with E-state index in [4.69, 9.17) is 0 Å². The lowest BCUT2D eigenvalue weighted by molar-refractivity contribution is -0.118. The lowest BCUT2D eigenvalue weighted by atomic mass is 10.1. The van der Waals surface area contributed by atoms with Crippen molar-refractivity contribution in [3.8, 4) is 11.3 Å². The van der Waals surface area contributed by atoms with Crippen LogP contribution in [0.4, 0.5) is 9.93 Å². The molecular weight excluding hydrogens is 454 g/mol. The first-order chi connectivity index (χ1) is 14.0. The zero-order valence-electron chi connectivity index (χ0n) is 15.9. The van der Waals surface area contributed by atoms with Gasteiger partial charge in [-0.1, -0.05) is 58.4 Å². The first-order valence-corrected chi connectivity index (χ1v) is 10.5. The Balaban J connectivity index is 1.77. The van der Waals surface area contributed by atoms with Crippen LogP contribution in [0.3, 0.4) is 0 Å². The van der Waals surface area contributed by atoms with Crippen molar-refractivity contribution in [1.29, 1.82) is 0 Å². The average molecular weight is 474 g/mol. The summed E-state index contributed by atoms with van der Waals surface area (Å²) in [5.41, 5.74) is 2.71. The topological polar surface area (TPSA) is 80.3 Å². The number of methoxy groups -OCH3 is 1. The number of carbonyl (C=O) groups excluding carboxylic acids is 2. The first kappa shape index (κ1) is 21.0. The SMILES string of the molecule is COC(=O)NC(Cc1ccccc1)C(=O)Nc1nc(-c2ccc(Br)cc2)c(C)s1. The van der Waals surface area contributed by atoms with E-state index in [1.165, 1.54) is 18.4 Å². The van der Waals surface area contributed by atoms with Crippen molar-refractivity contribution in [2.45, 2.75) is 19.4 Å². The Morgan fingerprint density at radius 2 is 1.83 bits per heavy atom. The molecule has 8 heteroatoms. The second kappa shape index (κ2) is 9.67. The van der Waals surface area contributed by atoms with Gasteiger partial charge in [0.15, 0.2) is 5.13 Å². The first-order valence-electron chi connectivity index (χ1n) is 8.89. The normalized spacial score (nSPS) is 11.6. The quantitative estimate of drug-likeness (QED) is 0.539. The summed E-state index contributed by atoms with van der Waals surface area (Å²) < 4.78 is 5.65. The van der Waals surface area contributed by atoms with Crippen LogP contribution < -0.4 is 10.6 Å². The minimum absolute atomic E-state index is 0.339. The smallest absolute Gasteiger partial charge is 0.407 e. The summed E-state index contributed by atoms with van der Waals surface area (Å²) in [4.78, 5) is 30.1. The van der Waals surface area contributed by atoms with E-state index < -0.39 is 12.1 Å². The van der Waals surface area contributed by atoms with E-state index in [1.54, 1.807) is 0 Å². The molecule has 1 aromatic heterocycles. The molecular formula is C21H20BrN3O3S. The summed E-state index contributed by atoms with van der Waals surface area (Å²) >= 11 is 4.81. The molecule has 0 saturated heterocycles. The van der Waals surface area contributed by atoms with Crippen molar-refractivity contribution in [3.63, 3.8) is 0 Å². The monoisotopic (exact) mass is 473 g/mol. The number of nitrogens with zero attached hydrogens (tertiary/aromatic N) is 1. The van der Waals surface area contributed by atoms with Crippen molar-refractivity contribution < 1.29 is 14.3 Å². The lowest BCUT2D eigenvalue weighted by Crippen LogP contribution is -2.45. The average Bonchev–Trinajstić information content (AvgIpc) is 3.08. The molecule has 0 aliphatic rings. The van der Waals surface area contributed by atoms with E-state index >= 15 is 0 Å². The van der Waals surface area contributed by atoms with Crippen molar-refractivity contribution >= 4 is 44.4 Å². The number of nitrogens with one attached hydrogen (secondary N) is 2. The fraction of sp³-hybridized carbons (Fsp3) is 0.190. The number of thiazole rings is 1. The molecule has 0 bridgehead atoms. The van der Waals surface area contributed by atoms with Crippen LogP contribution in [0.25, 0.3) is 11.3 Å². The summed E-state index contributed by atoms with van der Waals surface area (Å²) in [5.74, 6) is -0.352. The zero-order valence-corrected chi connectivity index (χ0v) is 18.3. The van der Waals surface area contributed by atoms with Gasteiger partial charge in [-0.25, -0.2) is 9.78 Å². The van der Waals surface area contributed by atoms with E-state index in [-0.39, 0.29) is 5.91 Å². The Morgan fingerprint density at radius 3 is 2.48 bits per heavy atom. The number of ether oxygens (including phenoxy) is 1. The molecule has 0 saturated carbocycles. The number of alkyl carbamates (subject to hydrolysis) is 1. The highest BCUT2D eigenvalue weighted by atomic mass is 79.9. The van der Waals surface area contributed by atoms with Crippen LogP contribution in [-0.2, 0) is 16.0 Å². The van der Waals surface area contributed by atoms with E-state index in [0.29, 0.717) is 11.6 Å². The predicted molar refractivity (Wildman–Crippen MR) is 118 cm³/mol. The van der Waals surface area contributed by atoms with Crippen LogP contribution in [0.15, 0.2) is 59.1 Å². The molecule has 2 aromatic carbocycles. The van der Waals surface area contributed by atoms with Crippen LogP contribution in [-0.4, -0.2) is 30.1 Å². The third-order valence-corrected chi connectivity index (χ3v) is 5.64. The van der Waals surface area contributed by atoms with Crippen LogP contribution in [0, 0.1) is 6.92 Å². The lowest BCUT2D eigenvalue weighted by Gasteiger charge is -2.17. The number of carbonyl (C=O) groups is 2. The number of anilines is 1.